The van der Waals surface area contributed by atoms with Gasteiger partial charge in [0.05, 0.1) is 0 Å². The molecule has 0 spiro atoms. The van der Waals surface area contributed by atoms with E-state index in [1.165, 1.54) is 6.21 Å². The maximum Gasteiger partial charge on any atom is 0.249 e. The van der Waals surface area contributed by atoms with Gasteiger partial charge in [-0.05, 0) is 12.1 Å². The molecule has 1 aromatic rings. The second kappa shape index (κ2) is 3.71. The molecule has 0 aliphatic heterocycles. The summed E-state index contributed by atoms with van der Waals surface area (Å²) in [5.41, 5.74) is 12.3. The van der Waals surface area contributed by atoms with Gasteiger partial charge in [-0.25, -0.2) is 0 Å². The van der Waals surface area contributed by atoms with Gasteiger partial charge in [-0.2, -0.15) is 0 Å². The highest BCUT2D eigenvalue weighted by atomic mass is 16.1. The minimum atomic E-state index is -0.498. The molecule has 0 atom stereocenters. The lowest BCUT2D eigenvalue weighted by Gasteiger charge is -2.03. The van der Waals surface area contributed by atoms with E-state index in [2.05, 4.69) is 4.99 Å². The van der Waals surface area contributed by atoms with Crippen molar-refractivity contribution in [2.45, 2.75) is 0 Å². The monoisotopic (exact) mass is 177 g/mol. The molecule has 68 valence electrons. The van der Waals surface area contributed by atoms with Crippen LogP contribution in [0.25, 0.3) is 0 Å². The average molecular weight is 177 g/mol. The maximum atomic E-state index is 11.0. The normalized spacial score (nSPS) is 10.5. The summed E-state index contributed by atoms with van der Waals surface area (Å²) in [6, 6.07) is 5.00. The Bertz CT molecular complexity index is 358. The van der Waals surface area contributed by atoms with Crippen molar-refractivity contribution in [1.29, 1.82) is 0 Å². The van der Waals surface area contributed by atoms with Gasteiger partial charge in [0, 0.05) is 30.1 Å². The molecule has 0 unspecified atom stereocenters. The fraction of sp³-hybridized carbons (Fsp3) is 0.111. The van der Waals surface area contributed by atoms with E-state index in [9.17, 15) is 4.79 Å². The molecule has 13 heavy (non-hydrogen) atoms. The van der Waals surface area contributed by atoms with Crippen molar-refractivity contribution in [2.24, 2.45) is 10.7 Å². The summed E-state index contributed by atoms with van der Waals surface area (Å²) in [5, 5.41) is 0. The number of hydrogen-bond acceptors (Lipinski definition) is 3. The number of nitrogens with two attached hydrogens (primary N) is 2. The number of hydrogen-bond donors (Lipinski definition) is 2. The summed E-state index contributed by atoms with van der Waals surface area (Å²) in [6.07, 6.45) is 1.52. The summed E-state index contributed by atoms with van der Waals surface area (Å²) >= 11 is 0. The number of nitrogen functional groups attached to an aromatic ring is 1. The van der Waals surface area contributed by atoms with Crippen LogP contribution in [-0.2, 0) is 0 Å². The molecule has 1 rings (SSSR count). The van der Waals surface area contributed by atoms with Gasteiger partial charge in [-0.3, -0.25) is 9.79 Å². The van der Waals surface area contributed by atoms with Crippen LogP contribution in [0.3, 0.4) is 0 Å². The van der Waals surface area contributed by atoms with E-state index in [1.807, 2.05) is 0 Å². The van der Waals surface area contributed by atoms with Crippen LogP contribution in [-0.4, -0.2) is 19.2 Å². The van der Waals surface area contributed by atoms with Crippen LogP contribution in [0.1, 0.15) is 15.9 Å². The smallest absolute Gasteiger partial charge is 0.249 e. The van der Waals surface area contributed by atoms with Crippen LogP contribution >= 0.6 is 0 Å². The highest BCUT2D eigenvalue weighted by molar-refractivity contribution is 6.04. The number of amides is 1. The Morgan fingerprint density at radius 3 is 2.77 bits per heavy atom. The molecule has 0 saturated carbocycles. The molecule has 0 fully saturated rings. The minimum Gasteiger partial charge on any atom is -0.398 e. The zero-order valence-electron chi connectivity index (χ0n) is 7.32. The van der Waals surface area contributed by atoms with Gasteiger partial charge in [-0.15, -0.1) is 0 Å². The number of primary amides is 1. The molecule has 0 aromatic heterocycles. The lowest BCUT2D eigenvalue weighted by molar-refractivity contribution is 0.100. The number of benzene rings is 1. The average Bonchev–Trinajstić information content (AvgIpc) is 2.08. The van der Waals surface area contributed by atoms with E-state index in [1.54, 1.807) is 25.2 Å². The Labute approximate surface area is 76.3 Å². The van der Waals surface area contributed by atoms with Crippen molar-refractivity contribution in [3.05, 3.63) is 29.3 Å². The van der Waals surface area contributed by atoms with Crippen LogP contribution in [0.2, 0.25) is 0 Å². The van der Waals surface area contributed by atoms with Gasteiger partial charge in [0.1, 0.15) is 0 Å². The number of anilines is 1. The molecule has 0 bridgehead atoms. The zero-order valence-corrected chi connectivity index (χ0v) is 7.32. The zero-order chi connectivity index (χ0) is 9.84. The van der Waals surface area contributed by atoms with Crippen LogP contribution < -0.4 is 11.5 Å². The molecular formula is C9H11N3O. The van der Waals surface area contributed by atoms with Crippen molar-refractivity contribution >= 4 is 17.8 Å². The summed E-state index contributed by atoms with van der Waals surface area (Å²) in [6.45, 7) is 0. The number of nitrogens with zero attached hydrogens (tertiary/aromatic N) is 1. The second-order valence-electron chi connectivity index (χ2n) is 2.56. The van der Waals surface area contributed by atoms with Gasteiger partial charge >= 0.3 is 0 Å². The largest absolute Gasteiger partial charge is 0.398 e. The number of rotatable bonds is 2. The second-order valence-corrected chi connectivity index (χ2v) is 2.56. The molecule has 1 aromatic carbocycles. The predicted molar refractivity (Wildman–Crippen MR) is 52.9 cm³/mol. The van der Waals surface area contributed by atoms with E-state index in [0.29, 0.717) is 16.8 Å². The van der Waals surface area contributed by atoms with Crippen molar-refractivity contribution < 1.29 is 4.79 Å². The van der Waals surface area contributed by atoms with Crippen LogP contribution in [0, 0.1) is 0 Å². The van der Waals surface area contributed by atoms with Gasteiger partial charge < -0.3 is 11.5 Å². The van der Waals surface area contributed by atoms with E-state index in [4.69, 9.17) is 11.5 Å². The Hall–Kier alpha value is -1.84. The van der Waals surface area contributed by atoms with Crippen molar-refractivity contribution in [2.75, 3.05) is 12.8 Å². The van der Waals surface area contributed by atoms with Gasteiger partial charge in [0.15, 0.2) is 0 Å². The highest BCUT2D eigenvalue weighted by Crippen LogP contribution is 2.13. The quantitative estimate of drug-likeness (QED) is 0.507. The van der Waals surface area contributed by atoms with E-state index < -0.39 is 5.91 Å². The first kappa shape index (κ1) is 9.25. The lowest BCUT2D eigenvalue weighted by atomic mass is 10.1. The fourth-order valence-electron chi connectivity index (χ4n) is 1.07. The Balaban J connectivity index is 3.33. The van der Waals surface area contributed by atoms with Crippen LogP contribution in [0.15, 0.2) is 23.2 Å². The van der Waals surface area contributed by atoms with Crippen LogP contribution in [0.5, 0.6) is 0 Å². The third kappa shape index (κ3) is 1.84. The van der Waals surface area contributed by atoms with Crippen molar-refractivity contribution in [3.8, 4) is 0 Å². The molecule has 0 saturated heterocycles. The van der Waals surface area contributed by atoms with Crippen molar-refractivity contribution in [3.63, 3.8) is 0 Å². The van der Waals surface area contributed by atoms with Gasteiger partial charge in [0.2, 0.25) is 5.91 Å². The standard InChI is InChI=1S/C9H11N3O/c1-12-5-7-6(9(11)13)3-2-4-8(7)10/h2-5H,10H2,1H3,(H2,11,13). The number of carbonyl (C=O) groups is 1. The molecule has 0 heterocycles. The first-order valence-electron chi connectivity index (χ1n) is 3.77. The molecule has 0 radical (unpaired) electrons. The van der Waals surface area contributed by atoms with Gasteiger partial charge in [-0.1, -0.05) is 6.07 Å². The van der Waals surface area contributed by atoms with Crippen molar-refractivity contribution in [1.82, 2.24) is 0 Å². The molecule has 1 amide bonds. The Morgan fingerprint density at radius 1 is 1.54 bits per heavy atom. The molecule has 0 aliphatic carbocycles. The topological polar surface area (TPSA) is 81.5 Å². The molecule has 0 aliphatic rings. The molecule has 4 heteroatoms. The molecule has 4 N–H and O–H groups in total. The fourth-order valence-corrected chi connectivity index (χ4v) is 1.07. The van der Waals surface area contributed by atoms with E-state index in [0.717, 1.165) is 0 Å². The predicted octanol–water partition coefficient (Wildman–Crippen LogP) is 0.416. The summed E-state index contributed by atoms with van der Waals surface area (Å²) in [5.74, 6) is -0.498. The van der Waals surface area contributed by atoms with Crippen LogP contribution in [0.4, 0.5) is 5.69 Å². The van der Waals surface area contributed by atoms with Gasteiger partial charge in [0.25, 0.3) is 0 Å². The Morgan fingerprint density at radius 2 is 2.23 bits per heavy atom. The van der Waals surface area contributed by atoms with E-state index in [-0.39, 0.29) is 0 Å². The van der Waals surface area contributed by atoms with E-state index >= 15 is 0 Å². The highest BCUT2D eigenvalue weighted by Gasteiger charge is 2.07. The third-order valence-electron chi connectivity index (χ3n) is 1.66. The minimum absolute atomic E-state index is 0.394. The molecular weight excluding hydrogens is 166 g/mol. The first-order valence-corrected chi connectivity index (χ1v) is 3.77. The molecule has 4 nitrogen and oxygen atoms in total. The number of aliphatic imine (C=N–C) groups is 1. The SMILES string of the molecule is CN=Cc1c(N)cccc1C(N)=O. The summed E-state index contributed by atoms with van der Waals surface area (Å²) in [7, 11) is 1.61. The Kier molecular flexibility index (Phi) is 2.64. The third-order valence-corrected chi connectivity index (χ3v) is 1.66. The lowest BCUT2D eigenvalue weighted by Crippen LogP contribution is -2.14. The first-order chi connectivity index (χ1) is 6.16. The summed E-state index contributed by atoms with van der Waals surface area (Å²) in [4.78, 5) is 14.8. The summed E-state index contributed by atoms with van der Waals surface area (Å²) < 4.78 is 0. The maximum absolute atomic E-state index is 11.0. The number of carbonyl (C=O) groups excluding carboxylic acids is 1.